The molecule has 0 amide bonds. The number of ketones is 1. The molecule has 1 N–H and O–H groups in total. The first-order valence-corrected chi connectivity index (χ1v) is 7.62. The Bertz CT molecular complexity index is 311. The van der Waals surface area contributed by atoms with E-state index in [1.165, 1.54) is 0 Å². The van der Waals surface area contributed by atoms with Gasteiger partial charge in [-0.2, -0.15) is 0 Å². The van der Waals surface area contributed by atoms with Crippen LogP contribution in [0.5, 0.6) is 0 Å². The SMILES string of the molecule is COCC(O)CN(C)CC1CC(C(C)(C)C)CCC1=O. The summed E-state index contributed by atoms with van der Waals surface area (Å²) in [5, 5.41) is 9.74. The fourth-order valence-electron chi connectivity index (χ4n) is 3.13. The van der Waals surface area contributed by atoms with Crippen LogP contribution in [0.2, 0.25) is 0 Å². The summed E-state index contributed by atoms with van der Waals surface area (Å²) in [5.74, 6) is 1.12. The monoisotopic (exact) mass is 285 g/mol. The lowest BCUT2D eigenvalue weighted by Gasteiger charge is -2.38. The average Bonchev–Trinajstić information content (AvgIpc) is 2.30. The van der Waals surface area contributed by atoms with Gasteiger partial charge in [-0.05, 0) is 31.2 Å². The molecule has 0 aromatic rings. The second-order valence-electron chi connectivity index (χ2n) is 7.33. The molecule has 1 fully saturated rings. The number of aliphatic hydroxyl groups is 1. The first-order chi connectivity index (χ1) is 9.24. The van der Waals surface area contributed by atoms with Gasteiger partial charge in [0.15, 0.2) is 0 Å². The van der Waals surface area contributed by atoms with E-state index >= 15 is 0 Å². The molecule has 4 heteroatoms. The van der Waals surface area contributed by atoms with E-state index in [-0.39, 0.29) is 11.3 Å². The van der Waals surface area contributed by atoms with Gasteiger partial charge in [0.05, 0.1) is 12.7 Å². The predicted molar refractivity (Wildman–Crippen MR) is 80.7 cm³/mol. The number of likely N-dealkylation sites (N-methyl/N-ethyl adjacent to an activating group) is 1. The van der Waals surface area contributed by atoms with Crippen LogP contribution in [0.4, 0.5) is 0 Å². The summed E-state index contributed by atoms with van der Waals surface area (Å²) >= 11 is 0. The Kier molecular flexibility index (Phi) is 6.62. The van der Waals surface area contributed by atoms with Gasteiger partial charge < -0.3 is 14.7 Å². The second-order valence-corrected chi connectivity index (χ2v) is 7.33. The van der Waals surface area contributed by atoms with Crippen LogP contribution in [0.3, 0.4) is 0 Å². The van der Waals surface area contributed by atoms with Crippen molar-refractivity contribution < 1.29 is 14.6 Å². The minimum Gasteiger partial charge on any atom is -0.389 e. The van der Waals surface area contributed by atoms with E-state index in [9.17, 15) is 9.90 Å². The average molecular weight is 285 g/mol. The van der Waals surface area contributed by atoms with Crippen LogP contribution in [0.25, 0.3) is 0 Å². The molecule has 0 aromatic carbocycles. The highest BCUT2D eigenvalue weighted by Crippen LogP contribution is 2.39. The molecule has 1 saturated carbocycles. The van der Waals surface area contributed by atoms with Crippen molar-refractivity contribution >= 4 is 5.78 Å². The molecule has 0 saturated heterocycles. The summed E-state index contributed by atoms with van der Waals surface area (Å²) < 4.78 is 4.93. The van der Waals surface area contributed by atoms with Gasteiger partial charge >= 0.3 is 0 Å². The Morgan fingerprint density at radius 1 is 1.45 bits per heavy atom. The Morgan fingerprint density at radius 2 is 2.10 bits per heavy atom. The lowest BCUT2D eigenvalue weighted by molar-refractivity contribution is -0.127. The normalized spacial score (nSPS) is 26.1. The maximum Gasteiger partial charge on any atom is 0.137 e. The van der Waals surface area contributed by atoms with E-state index in [0.717, 1.165) is 19.4 Å². The molecule has 1 aliphatic rings. The predicted octanol–water partition coefficient (Wildman–Crippen LogP) is 1.96. The number of hydrogen-bond donors (Lipinski definition) is 1. The maximum absolute atomic E-state index is 12.1. The third kappa shape index (κ3) is 5.51. The number of aliphatic hydroxyl groups excluding tert-OH is 1. The van der Waals surface area contributed by atoms with Gasteiger partial charge in [-0.25, -0.2) is 0 Å². The standard InChI is InChI=1S/C16H31NO3/c1-16(2,3)13-6-7-15(19)12(8-13)9-17(4)10-14(18)11-20-5/h12-14,18H,6-11H2,1-5H3. The molecule has 0 heterocycles. The summed E-state index contributed by atoms with van der Waals surface area (Å²) in [6, 6.07) is 0. The van der Waals surface area contributed by atoms with E-state index in [1.807, 2.05) is 7.05 Å². The minimum atomic E-state index is -0.484. The van der Waals surface area contributed by atoms with Crippen molar-refractivity contribution in [2.45, 2.75) is 46.1 Å². The maximum atomic E-state index is 12.1. The molecule has 118 valence electrons. The van der Waals surface area contributed by atoms with Crippen LogP contribution in [0.1, 0.15) is 40.0 Å². The van der Waals surface area contributed by atoms with Crippen LogP contribution in [-0.4, -0.2) is 55.7 Å². The van der Waals surface area contributed by atoms with Crippen molar-refractivity contribution in [1.29, 1.82) is 0 Å². The quantitative estimate of drug-likeness (QED) is 0.810. The smallest absolute Gasteiger partial charge is 0.137 e. The third-order valence-corrected chi connectivity index (χ3v) is 4.40. The molecule has 20 heavy (non-hydrogen) atoms. The van der Waals surface area contributed by atoms with Crippen molar-refractivity contribution in [2.24, 2.45) is 17.3 Å². The van der Waals surface area contributed by atoms with Crippen molar-refractivity contribution in [3.8, 4) is 0 Å². The van der Waals surface area contributed by atoms with Crippen LogP contribution in [-0.2, 0) is 9.53 Å². The van der Waals surface area contributed by atoms with E-state index < -0.39 is 6.10 Å². The molecule has 0 bridgehead atoms. The molecule has 1 rings (SSSR count). The van der Waals surface area contributed by atoms with Crippen LogP contribution < -0.4 is 0 Å². The number of rotatable bonds is 6. The Morgan fingerprint density at radius 3 is 2.65 bits per heavy atom. The highest BCUT2D eigenvalue weighted by Gasteiger charge is 2.35. The van der Waals surface area contributed by atoms with Crippen molar-refractivity contribution in [3.63, 3.8) is 0 Å². The van der Waals surface area contributed by atoms with Crippen molar-refractivity contribution in [3.05, 3.63) is 0 Å². The fourth-order valence-corrected chi connectivity index (χ4v) is 3.13. The molecule has 3 unspecified atom stereocenters. The van der Waals surface area contributed by atoms with Gasteiger partial charge in [0, 0.05) is 32.5 Å². The zero-order valence-electron chi connectivity index (χ0n) is 13.7. The largest absolute Gasteiger partial charge is 0.389 e. The number of nitrogens with zero attached hydrogens (tertiary/aromatic N) is 1. The lowest BCUT2D eigenvalue weighted by Crippen LogP contribution is -2.40. The number of hydrogen-bond acceptors (Lipinski definition) is 4. The Labute approximate surface area is 123 Å². The number of methoxy groups -OCH3 is 1. The molecule has 0 spiro atoms. The summed E-state index contributed by atoms with van der Waals surface area (Å²) in [5.41, 5.74) is 0.271. The van der Waals surface area contributed by atoms with Crippen molar-refractivity contribution in [2.75, 3.05) is 33.9 Å². The zero-order valence-corrected chi connectivity index (χ0v) is 13.7. The summed E-state index contributed by atoms with van der Waals surface area (Å²) in [4.78, 5) is 14.2. The molecule has 0 aliphatic heterocycles. The van der Waals surface area contributed by atoms with E-state index in [1.54, 1.807) is 7.11 Å². The topological polar surface area (TPSA) is 49.8 Å². The van der Waals surface area contributed by atoms with Crippen LogP contribution in [0.15, 0.2) is 0 Å². The second kappa shape index (κ2) is 7.53. The van der Waals surface area contributed by atoms with E-state index in [2.05, 4.69) is 25.7 Å². The lowest BCUT2D eigenvalue weighted by atomic mass is 9.68. The summed E-state index contributed by atoms with van der Waals surface area (Å²) in [6.07, 6.45) is 2.23. The fraction of sp³-hybridized carbons (Fsp3) is 0.938. The van der Waals surface area contributed by atoms with Gasteiger partial charge in [0.2, 0.25) is 0 Å². The Hall–Kier alpha value is -0.450. The van der Waals surface area contributed by atoms with Crippen LogP contribution in [0, 0.1) is 17.3 Å². The number of carbonyl (C=O) groups excluding carboxylic acids is 1. The molecular formula is C16H31NO3. The van der Waals surface area contributed by atoms with Gasteiger partial charge in [-0.3, -0.25) is 4.79 Å². The van der Waals surface area contributed by atoms with Crippen molar-refractivity contribution in [1.82, 2.24) is 4.90 Å². The zero-order chi connectivity index (χ0) is 15.3. The van der Waals surface area contributed by atoms with E-state index in [4.69, 9.17) is 4.74 Å². The highest BCUT2D eigenvalue weighted by atomic mass is 16.5. The molecule has 0 aromatic heterocycles. The molecule has 3 atom stereocenters. The Balaban J connectivity index is 2.50. The van der Waals surface area contributed by atoms with Gasteiger partial charge in [0.25, 0.3) is 0 Å². The van der Waals surface area contributed by atoms with Gasteiger partial charge in [-0.1, -0.05) is 20.8 Å². The first kappa shape index (κ1) is 17.6. The van der Waals surface area contributed by atoms with Crippen LogP contribution >= 0.6 is 0 Å². The number of Topliss-reactive ketones (excluding diaryl/α,β-unsaturated/α-hetero) is 1. The molecule has 1 aliphatic carbocycles. The van der Waals surface area contributed by atoms with E-state index in [0.29, 0.717) is 31.3 Å². The minimum absolute atomic E-state index is 0.118. The van der Waals surface area contributed by atoms with Gasteiger partial charge in [0.1, 0.15) is 5.78 Å². The summed E-state index contributed by atoms with van der Waals surface area (Å²) in [7, 11) is 3.55. The third-order valence-electron chi connectivity index (χ3n) is 4.40. The molecule has 0 radical (unpaired) electrons. The summed E-state index contributed by atoms with van der Waals surface area (Å²) in [6.45, 7) is 8.42. The number of carbonyl (C=O) groups is 1. The molecular weight excluding hydrogens is 254 g/mol. The number of ether oxygens (including phenoxy) is 1. The van der Waals surface area contributed by atoms with Gasteiger partial charge in [-0.15, -0.1) is 0 Å². The molecule has 4 nitrogen and oxygen atoms in total. The first-order valence-electron chi connectivity index (χ1n) is 7.62. The highest BCUT2D eigenvalue weighted by molar-refractivity contribution is 5.82.